The number of anilines is 1. The summed E-state index contributed by atoms with van der Waals surface area (Å²) in [5, 5.41) is 1.73. The van der Waals surface area contributed by atoms with Gasteiger partial charge in [-0.2, -0.15) is 0 Å². The first-order valence-electron chi connectivity index (χ1n) is 10.5. The van der Waals surface area contributed by atoms with Crippen LogP contribution in [0.5, 0.6) is 5.75 Å². The van der Waals surface area contributed by atoms with E-state index in [4.69, 9.17) is 4.74 Å². The first-order chi connectivity index (χ1) is 15.4. The molecular formula is C24H26N2O4S2. The third kappa shape index (κ3) is 4.66. The number of thiophene rings is 1. The molecule has 0 N–H and O–H groups in total. The van der Waals surface area contributed by atoms with Gasteiger partial charge in [0.2, 0.25) is 0 Å². The van der Waals surface area contributed by atoms with Gasteiger partial charge in [-0.3, -0.25) is 9.10 Å². The van der Waals surface area contributed by atoms with Gasteiger partial charge in [-0.25, -0.2) is 8.42 Å². The number of carbonyl (C=O) groups is 1. The van der Waals surface area contributed by atoms with E-state index in [1.54, 1.807) is 41.8 Å². The normalized spacial score (nSPS) is 16.2. The smallest absolute Gasteiger partial charge is 0.273 e. The van der Waals surface area contributed by atoms with Crippen LogP contribution in [0, 0.1) is 6.92 Å². The van der Waals surface area contributed by atoms with E-state index in [0.29, 0.717) is 15.6 Å². The van der Waals surface area contributed by atoms with Crippen LogP contribution in [0.3, 0.4) is 0 Å². The van der Waals surface area contributed by atoms with Crippen LogP contribution in [0.25, 0.3) is 0 Å². The van der Waals surface area contributed by atoms with E-state index >= 15 is 0 Å². The Bertz CT molecular complexity index is 1170. The lowest BCUT2D eigenvalue weighted by molar-refractivity contribution is -0.134. The van der Waals surface area contributed by atoms with E-state index in [0.717, 1.165) is 24.9 Å². The molecule has 4 rings (SSSR count). The number of nitrogens with zero attached hydrogens (tertiary/aromatic N) is 2. The van der Waals surface area contributed by atoms with Crippen LogP contribution in [-0.4, -0.2) is 39.4 Å². The number of hydrogen-bond donors (Lipinski definition) is 0. The van der Waals surface area contributed by atoms with Crippen molar-refractivity contribution in [3.05, 3.63) is 77.2 Å². The zero-order valence-electron chi connectivity index (χ0n) is 18.1. The van der Waals surface area contributed by atoms with E-state index in [-0.39, 0.29) is 18.6 Å². The summed E-state index contributed by atoms with van der Waals surface area (Å²) < 4.78 is 32.6. The summed E-state index contributed by atoms with van der Waals surface area (Å²) in [6, 6.07) is 18.4. The topological polar surface area (TPSA) is 66.9 Å². The average Bonchev–Trinajstić information content (AvgIpc) is 3.50. The summed E-state index contributed by atoms with van der Waals surface area (Å²) in [4.78, 5) is 14.7. The summed E-state index contributed by atoms with van der Waals surface area (Å²) in [7, 11) is -2.06. The van der Waals surface area contributed by atoms with Crippen LogP contribution in [0.4, 0.5) is 5.69 Å². The predicted molar refractivity (Wildman–Crippen MR) is 127 cm³/mol. The summed E-state index contributed by atoms with van der Waals surface area (Å²) in [6.07, 6.45) is 1.93. The number of ether oxygens (including phenoxy) is 1. The van der Waals surface area contributed by atoms with Crippen LogP contribution in [0.15, 0.2) is 70.3 Å². The number of benzene rings is 2. The molecule has 0 radical (unpaired) electrons. The van der Waals surface area contributed by atoms with Gasteiger partial charge in [-0.05, 0) is 61.0 Å². The van der Waals surface area contributed by atoms with Gasteiger partial charge in [0.15, 0.2) is 6.61 Å². The molecular weight excluding hydrogens is 444 g/mol. The highest BCUT2D eigenvalue weighted by molar-refractivity contribution is 7.94. The van der Waals surface area contributed by atoms with E-state index in [9.17, 15) is 13.2 Å². The lowest BCUT2D eigenvalue weighted by Crippen LogP contribution is -2.34. The number of hydrogen-bond acceptors (Lipinski definition) is 5. The monoisotopic (exact) mass is 470 g/mol. The second-order valence-corrected chi connectivity index (χ2v) is 11.0. The molecule has 2 heterocycles. The van der Waals surface area contributed by atoms with Crippen LogP contribution in [0.1, 0.15) is 30.0 Å². The Morgan fingerprint density at radius 2 is 1.94 bits per heavy atom. The molecule has 6 nitrogen and oxygen atoms in total. The number of amides is 1. The van der Waals surface area contributed by atoms with Gasteiger partial charge in [0.25, 0.3) is 15.9 Å². The number of carbonyl (C=O) groups excluding carboxylic acids is 1. The maximum atomic E-state index is 12.8. The first-order valence-corrected chi connectivity index (χ1v) is 12.8. The number of sulfonamides is 1. The third-order valence-corrected chi connectivity index (χ3v) is 8.83. The molecule has 1 aliphatic heterocycles. The molecule has 0 spiro atoms. The summed E-state index contributed by atoms with van der Waals surface area (Å²) >= 11 is 1.18. The zero-order chi connectivity index (χ0) is 22.7. The molecule has 0 bridgehead atoms. The van der Waals surface area contributed by atoms with E-state index < -0.39 is 10.0 Å². The average molecular weight is 471 g/mol. The maximum absolute atomic E-state index is 12.8. The van der Waals surface area contributed by atoms with Crippen molar-refractivity contribution in [2.45, 2.75) is 30.0 Å². The fraction of sp³-hybridized carbons (Fsp3) is 0.292. The van der Waals surface area contributed by atoms with Crippen LogP contribution < -0.4 is 9.04 Å². The lowest BCUT2D eigenvalue weighted by Gasteiger charge is -2.25. The minimum Gasteiger partial charge on any atom is -0.484 e. The fourth-order valence-corrected chi connectivity index (χ4v) is 6.31. The van der Waals surface area contributed by atoms with Gasteiger partial charge >= 0.3 is 0 Å². The van der Waals surface area contributed by atoms with Crippen LogP contribution in [0.2, 0.25) is 0 Å². The van der Waals surface area contributed by atoms with Crippen LogP contribution in [-0.2, 0) is 14.8 Å². The molecule has 1 amide bonds. The third-order valence-electron chi connectivity index (χ3n) is 5.67. The highest BCUT2D eigenvalue weighted by atomic mass is 32.2. The minimum absolute atomic E-state index is 0.0459. The van der Waals surface area contributed by atoms with Crippen molar-refractivity contribution < 1.29 is 17.9 Å². The van der Waals surface area contributed by atoms with Gasteiger partial charge in [-0.15, -0.1) is 11.3 Å². The maximum Gasteiger partial charge on any atom is 0.273 e. The second kappa shape index (κ2) is 9.34. The standard InChI is InChI=1S/C24H26N2O4S2/c1-18-6-3-7-19(16-18)22-8-4-14-26(22)23(27)17-30-21-12-10-20(11-13-21)25(2)32(28,29)24-9-5-15-31-24/h3,5-7,9-13,15-16,22H,4,8,14,17H2,1-2H3. The van der Waals surface area contributed by atoms with E-state index in [2.05, 4.69) is 25.1 Å². The highest BCUT2D eigenvalue weighted by Crippen LogP contribution is 2.32. The molecule has 2 aromatic carbocycles. The number of aryl methyl sites for hydroxylation is 1. The Hall–Kier alpha value is -2.84. The molecule has 1 saturated heterocycles. The van der Waals surface area contributed by atoms with Gasteiger partial charge in [0, 0.05) is 13.6 Å². The molecule has 168 valence electrons. The summed E-state index contributed by atoms with van der Waals surface area (Å²) in [5.74, 6) is 0.478. The lowest BCUT2D eigenvalue weighted by atomic mass is 10.0. The Labute approximate surface area is 193 Å². The molecule has 8 heteroatoms. The van der Waals surface area contributed by atoms with Gasteiger partial charge in [0.05, 0.1) is 11.7 Å². The molecule has 1 aliphatic rings. The molecule has 0 aliphatic carbocycles. The summed E-state index contributed by atoms with van der Waals surface area (Å²) in [5.41, 5.74) is 2.87. The van der Waals surface area contributed by atoms with Crippen molar-refractivity contribution in [3.63, 3.8) is 0 Å². The molecule has 0 saturated carbocycles. The second-order valence-electron chi connectivity index (χ2n) is 7.85. The van der Waals surface area contributed by atoms with Gasteiger partial charge < -0.3 is 9.64 Å². The van der Waals surface area contributed by atoms with Crippen LogP contribution >= 0.6 is 11.3 Å². The highest BCUT2D eigenvalue weighted by Gasteiger charge is 2.30. The SMILES string of the molecule is Cc1cccc(C2CCCN2C(=O)COc2ccc(N(C)S(=O)(=O)c3cccs3)cc2)c1. The Morgan fingerprint density at radius 1 is 1.16 bits per heavy atom. The molecule has 1 atom stereocenters. The van der Waals surface area contributed by atoms with Crippen molar-refractivity contribution in [3.8, 4) is 5.75 Å². The fourth-order valence-electron chi connectivity index (χ4n) is 3.95. The van der Waals surface area contributed by atoms with E-state index in [1.807, 2.05) is 11.0 Å². The van der Waals surface area contributed by atoms with Crippen molar-refractivity contribution >= 4 is 33.0 Å². The first kappa shape index (κ1) is 22.4. The van der Waals surface area contributed by atoms with Gasteiger partial charge in [0.1, 0.15) is 9.96 Å². The van der Waals surface area contributed by atoms with E-state index in [1.165, 1.54) is 28.3 Å². The Kier molecular flexibility index (Phi) is 6.53. The van der Waals surface area contributed by atoms with Crippen molar-refractivity contribution in [2.75, 3.05) is 24.5 Å². The molecule has 1 fully saturated rings. The molecule has 1 aromatic heterocycles. The minimum atomic E-state index is -3.58. The Morgan fingerprint density at radius 3 is 2.62 bits per heavy atom. The van der Waals surface area contributed by atoms with Gasteiger partial charge in [-0.1, -0.05) is 35.9 Å². The van der Waals surface area contributed by atoms with Crippen molar-refractivity contribution in [2.24, 2.45) is 0 Å². The number of rotatable bonds is 7. The number of likely N-dealkylation sites (tertiary alicyclic amines) is 1. The molecule has 32 heavy (non-hydrogen) atoms. The quantitative estimate of drug-likeness (QED) is 0.505. The van der Waals surface area contributed by atoms with Crippen molar-refractivity contribution in [1.29, 1.82) is 0 Å². The summed E-state index contributed by atoms with van der Waals surface area (Å²) in [6.45, 7) is 2.73. The molecule has 3 aromatic rings. The predicted octanol–water partition coefficient (Wildman–Crippen LogP) is 4.62. The largest absolute Gasteiger partial charge is 0.484 e. The Balaban J connectivity index is 1.38. The zero-order valence-corrected chi connectivity index (χ0v) is 19.7. The molecule has 1 unspecified atom stereocenters. The van der Waals surface area contributed by atoms with Crippen molar-refractivity contribution in [1.82, 2.24) is 4.90 Å².